The quantitative estimate of drug-likeness (QED) is 0.0815. The molecule has 0 bridgehead atoms. The van der Waals surface area contributed by atoms with Crippen molar-refractivity contribution in [3.05, 3.63) is 107 Å². The van der Waals surface area contributed by atoms with E-state index in [-0.39, 0.29) is 52.0 Å². The number of para-hydroxylation sites is 1. The number of anilines is 1. The third kappa shape index (κ3) is 10.1. The van der Waals surface area contributed by atoms with Crippen LogP contribution in [0, 0.1) is 0 Å². The average Bonchev–Trinajstić information content (AvgIpc) is 3.35. The second kappa shape index (κ2) is 16.7. The number of hydrogen-bond donors (Lipinski definition) is 3. The van der Waals surface area contributed by atoms with Crippen molar-refractivity contribution in [2.45, 2.75) is 71.1 Å². The van der Waals surface area contributed by atoms with Gasteiger partial charge in [-0.25, -0.2) is 4.79 Å². The van der Waals surface area contributed by atoms with Gasteiger partial charge in [0.15, 0.2) is 5.71 Å². The number of rotatable bonds is 15. The van der Waals surface area contributed by atoms with E-state index in [4.69, 9.17) is 9.11 Å². The molecule has 2 aromatic carbocycles. The molecule has 264 valence electrons. The minimum Gasteiger partial charge on any atom is -0.478 e. The van der Waals surface area contributed by atoms with Crippen molar-refractivity contribution in [1.82, 2.24) is 0 Å². The van der Waals surface area contributed by atoms with Gasteiger partial charge in [0.2, 0.25) is 5.69 Å². The van der Waals surface area contributed by atoms with Crippen LogP contribution in [0.1, 0.15) is 81.8 Å². The molecule has 0 aromatic heterocycles. The second-order valence-electron chi connectivity index (χ2n) is 13.7. The predicted molar refractivity (Wildman–Crippen MR) is 194 cm³/mol. The summed E-state index contributed by atoms with van der Waals surface area (Å²) in [5, 5.41) is 9.61. The summed E-state index contributed by atoms with van der Waals surface area (Å²) in [5.74, 6) is -1.59. The molecule has 0 aliphatic carbocycles. The van der Waals surface area contributed by atoms with Crippen molar-refractivity contribution >= 4 is 43.3 Å². The fourth-order valence-corrected chi connectivity index (χ4v) is 7.82. The molecule has 2 aromatic rings. The number of carboxylic acid groups (broad SMARTS) is 1. The van der Waals surface area contributed by atoms with Crippen molar-refractivity contribution in [3.8, 4) is 0 Å². The van der Waals surface area contributed by atoms with Crippen LogP contribution in [0.3, 0.4) is 0 Å². The van der Waals surface area contributed by atoms with Crippen molar-refractivity contribution in [2.75, 3.05) is 29.5 Å². The zero-order valence-electron chi connectivity index (χ0n) is 29.8. The van der Waals surface area contributed by atoms with E-state index in [9.17, 15) is 26.7 Å². The SMILES string of the molecule is CC(/C=C/C=C1/N(CCCCS(=O)(=O)O)c2ccc(C(=O)O)cc2C1(C)C)=C\C=C\C1=[N+](CCCCS(=O)(=O)O)c2ccccc2C1(C)C.[Na+]. The molecule has 2 aliphatic rings. The maximum atomic E-state index is 11.7. The van der Waals surface area contributed by atoms with Gasteiger partial charge in [0, 0.05) is 47.5 Å². The monoisotopic (exact) mass is 734 g/mol. The van der Waals surface area contributed by atoms with Gasteiger partial charge < -0.3 is 10.0 Å². The molecule has 0 saturated carbocycles. The number of benzene rings is 2. The molecule has 0 spiro atoms. The molecule has 50 heavy (non-hydrogen) atoms. The Hall–Kier alpha value is -2.84. The number of nitrogens with zero attached hydrogens (tertiary/aromatic N) is 2. The van der Waals surface area contributed by atoms with Gasteiger partial charge in [0.25, 0.3) is 20.2 Å². The first-order valence-electron chi connectivity index (χ1n) is 16.4. The molecule has 0 unspecified atom stereocenters. The Morgan fingerprint density at radius 2 is 1.50 bits per heavy atom. The maximum absolute atomic E-state index is 11.7. The molecule has 3 N–H and O–H groups in total. The van der Waals surface area contributed by atoms with Crippen LogP contribution in [0.15, 0.2) is 90.2 Å². The fraction of sp³-hybridized carbons (Fsp3) is 0.405. The van der Waals surface area contributed by atoms with Gasteiger partial charge in [0.1, 0.15) is 6.54 Å². The number of fused-ring (bicyclic) bond motifs is 2. The van der Waals surface area contributed by atoms with Gasteiger partial charge in [0.05, 0.1) is 22.5 Å². The number of aromatic carboxylic acids is 1. The Bertz CT molecular complexity index is 1970. The summed E-state index contributed by atoms with van der Waals surface area (Å²) in [7, 11) is -8.06. The van der Waals surface area contributed by atoms with Crippen molar-refractivity contribution < 1.29 is 70.0 Å². The predicted octanol–water partition coefficient (Wildman–Crippen LogP) is 3.84. The number of unbranched alkanes of at least 4 members (excludes halogenated alkanes) is 2. The van der Waals surface area contributed by atoms with E-state index in [1.165, 1.54) is 5.56 Å². The third-order valence-corrected chi connectivity index (χ3v) is 10.8. The van der Waals surface area contributed by atoms with E-state index in [0.29, 0.717) is 38.8 Å². The first-order valence-corrected chi connectivity index (χ1v) is 19.6. The Labute approximate surface area is 318 Å². The van der Waals surface area contributed by atoms with Crippen LogP contribution >= 0.6 is 0 Å². The zero-order valence-corrected chi connectivity index (χ0v) is 33.4. The van der Waals surface area contributed by atoms with Crippen LogP contribution in [-0.2, 0) is 31.1 Å². The first kappa shape index (κ1) is 41.6. The molecule has 2 heterocycles. The summed E-state index contributed by atoms with van der Waals surface area (Å²) in [4.78, 5) is 13.8. The largest absolute Gasteiger partial charge is 1.00 e. The zero-order chi connectivity index (χ0) is 36.2. The van der Waals surface area contributed by atoms with E-state index in [1.807, 2.05) is 63.3 Å². The molecule has 2 aliphatic heterocycles. The number of carbonyl (C=O) groups is 1. The molecule has 4 rings (SSSR count). The van der Waals surface area contributed by atoms with Gasteiger partial charge in [-0.3, -0.25) is 9.11 Å². The number of hydrogen-bond acceptors (Lipinski definition) is 6. The molecule has 10 nitrogen and oxygen atoms in total. The van der Waals surface area contributed by atoms with E-state index in [1.54, 1.807) is 18.2 Å². The molecule has 0 radical (unpaired) electrons. The molecular formula is C37H47N2NaO8S2+2. The standard InChI is InChI=1S/C37H46N2O8S2.Na/c1-27(14-12-18-33-36(2,3)29-16-6-7-17-31(29)38(33)22-8-10-24-48(42,43)44)15-13-19-34-37(4,5)30-26-28(35(40)41)20-21-32(30)39(34)23-9-11-25-49(45,46)47;/h6-7,12-21,26H,8-11,22-25H2,1-5H3,(H2-,40,41,42,43,44,45,46,47);/q;+1/p+1. The van der Waals surface area contributed by atoms with E-state index in [0.717, 1.165) is 33.9 Å². The van der Waals surface area contributed by atoms with E-state index >= 15 is 0 Å². The van der Waals surface area contributed by atoms with Gasteiger partial charge in [-0.1, -0.05) is 61.9 Å². The van der Waals surface area contributed by atoms with Crippen LogP contribution in [0.25, 0.3) is 0 Å². The van der Waals surface area contributed by atoms with Gasteiger partial charge in [-0.05, 0) is 69.9 Å². The van der Waals surface area contributed by atoms with Crippen LogP contribution in [0.2, 0.25) is 0 Å². The summed E-state index contributed by atoms with van der Waals surface area (Å²) in [5.41, 5.74) is 6.45. The van der Waals surface area contributed by atoms with E-state index in [2.05, 4.69) is 41.5 Å². The Morgan fingerprint density at radius 1 is 0.860 bits per heavy atom. The van der Waals surface area contributed by atoms with Crippen LogP contribution < -0.4 is 34.5 Å². The molecule has 13 heteroatoms. The van der Waals surface area contributed by atoms with Crippen LogP contribution in [0.4, 0.5) is 11.4 Å². The van der Waals surface area contributed by atoms with Gasteiger partial charge in [-0.15, -0.1) is 0 Å². The number of allylic oxidation sites excluding steroid dienone is 8. The summed E-state index contributed by atoms with van der Waals surface area (Å²) < 4.78 is 65.5. The molecular weight excluding hydrogens is 688 g/mol. The van der Waals surface area contributed by atoms with Crippen molar-refractivity contribution in [2.24, 2.45) is 0 Å². The average molecular weight is 735 g/mol. The Morgan fingerprint density at radius 3 is 2.14 bits per heavy atom. The molecule has 0 atom stereocenters. The summed E-state index contributed by atoms with van der Waals surface area (Å²) in [6.45, 7) is 11.5. The van der Waals surface area contributed by atoms with Crippen LogP contribution in [0.5, 0.6) is 0 Å². The van der Waals surface area contributed by atoms with Crippen molar-refractivity contribution in [3.63, 3.8) is 0 Å². The normalized spacial score (nSPS) is 17.9. The summed E-state index contributed by atoms with van der Waals surface area (Å²) >= 11 is 0. The second-order valence-corrected chi connectivity index (χ2v) is 16.8. The fourth-order valence-electron chi connectivity index (χ4n) is 6.68. The van der Waals surface area contributed by atoms with Gasteiger partial charge >= 0.3 is 35.5 Å². The topological polar surface area (TPSA) is 152 Å². The summed E-state index contributed by atoms with van der Waals surface area (Å²) in [6, 6.07) is 13.3. The molecule has 0 saturated heterocycles. The van der Waals surface area contributed by atoms with Crippen LogP contribution in [-0.4, -0.2) is 71.9 Å². The minimum absolute atomic E-state index is 0. The Balaban J connectivity index is 0.00000676. The molecule has 0 fully saturated rings. The maximum Gasteiger partial charge on any atom is 1.00 e. The van der Waals surface area contributed by atoms with Gasteiger partial charge in [-0.2, -0.15) is 21.4 Å². The first-order chi connectivity index (χ1) is 22.8. The molecule has 0 amide bonds. The van der Waals surface area contributed by atoms with E-state index < -0.39 is 31.6 Å². The minimum atomic E-state index is -4.06. The smallest absolute Gasteiger partial charge is 0.478 e. The Kier molecular flexibility index (Phi) is 13.9. The summed E-state index contributed by atoms with van der Waals surface area (Å²) in [6.07, 6.45) is 13.8. The van der Waals surface area contributed by atoms with Crippen molar-refractivity contribution in [1.29, 1.82) is 0 Å². The number of carboxylic acids is 1. The third-order valence-electron chi connectivity index (χ3n) is 9.23.